The predicted octanol–water partition coefficient (Wildman–Crippen LogP) is 4.16. The number of hydrogen-bond donors (Lipinski definition) is 5. The number of fused-ring (bicyclic) bond motifs is 1. The molecule has 28 heteroatoms. The first-order valence-electron chi connectivity index (χ1n) is 7.28. The molecule has 246 valence electrons. The summed E-state index contributed by atoms with van der Waals surface area (Å²) in [5, 5.41) is 1.38. The van der Waals surface area contributed by atoms with Gasteiger partial charge < -0.3 is 39.9 Å². The van der Waals surface area contributed by atoms with Crippen molar-refractivity contribution in [3.8, 4) is 0 Å². The normalized spacial score (nSPS) is 17.6. The fourth-order valence-electron chi connectivity index (χ4n) is 1.55. The van der Waals surface area contributed by atoms with E-state index >= 15 is 0 Å². The van der Waals surface area contributed by atoms with Crippen molar-refractivity contribution in [1.82, 2.24) is 30.8 Å². The Morgan fingerprint density at radius 1 is 0.675 bits per heavy atom. The third-order valence-corrected chi connectivity index (χ3v) is 8.39. The van der Waals surface area contributed by atoms with Gasteiger partial charge in [0.1, 0.15) is 0 Å². The van der Waals surface area contributed by atoms with Crippen molar-refractivity contribution in [2.24, 2.45) is 0 Å². The van der Waals surface area contributed by atoms with E-state index in [0.717, 1.165) is 0 Å². The molecular weight excluding hydrogens is 848 g/mol. The second-order valence-corrected chi connectivity index (χ2v) is 12.7. The van der Waals surface area contributed by atoms with Gasteiger partial charge in [0.25, 0.3) is 0 Å². The molecule has 0 radical (unpaired) electrons. The molecule has 0 bridgehead atoms. The maximum Gasteiger partial charge on any atom is 2.00 e. The molecule has 1 aliphatic rings. The van der Waals surface area contributed by atoms with Crippen LogP contribution in [0.2, 0.25) is 0 Å². The van der Waals surface area contributed by atoms with Crippen LogP contribution < -0.4 is 30.8 Å². The van der Waals surface area contributed by atoms with Crippen LogP contribution in [0.5, 0.6) is 0 Å². The van der Waals surface area contributed by atoms with Gasteiger partial charge in [0, 0.05) is 4.90 Å². The maximum absolute atomic E-state index is 12.3. The van der Waals surface area contributed by atoms with Crippen LogP contribution in [0, 0.1) is 0 Å². The molecule has 0 fully saturated rings. The Morgan fingerprint density at radius 2 is 0.975 bits per heavy atom. The van der Waals surface area contributed by atoms with Gasteiger partial charge in [-0.3, -0.25) is 0 Å². The monoisotopic (exact) mass is 873 g/mol. The van der Waals surface area contributed by atoms with Crippen LogP contribution in [0.4, 0.5) is 39.5 Å². The van der Waals surface area contributed by atoms with E-state index in [9.17, 15) is 47.9 Å². The van der Waals surface area contributed by atoms with E-state index in [1.54, 1.807) is 30.3 Å². The zero-order valence-corrected chi connectivity index (χ0v) is 25.4. The minimum atomic E-state index is -6.09. The first-order valence-corrected chi connectivity index (χ1v) is 13.5. The van der Waals surface area contributed by atoms with Gasteiger partial charge in [0.15, 0.2) is 20.2 Å². The SMILES string of the molecule is CS1(OS(=O)(=O)C(F)(F)F)C=Cc2ccccc21.N.N.N.N.N.O=S(=O)([O-])C(F)(F)F.O=S(=O)([O-])C(F)(F)F.[Os+2]. The maximum atomic E-state index is 12.3. The zero-order valence-electron chi connectivity index (χ0n) is 19.6. The minimum absolute atomic E-state index is 0. The fraction of sp³-hybridized carbons (Fsp3) is 0.333. The van der Waals surface area contributed by atoms with Gasteiger partial charge >= 0.3 is 46.4 Å². The summed E-state index contributed by atoms with van der Waals surface area (Å²) in [4.78, 5) is 0.470. The van der Waals surface area contributed by atoms with Crippen molar-refractivity contribution < 1.29 is 97.3 Å². The summed E-state index contributed by atoms with van der Waals surface area (Å²) < 4.78 is 181. The van der Waals surface area contributed by atoms with E-state index < -0.39 is 57.2 Å². The standard InChI is InChI=1S/C10H9F3O3S2.2CHF3O3S.5H3N.Os/c1-17(16-18(14,15)10(11,12)13)7-6-8-4-2-3-5-9(8)17;2*2-1(3,4)8(5,6)7;;;;;;/h2-7H,1H3;2*(H,5,6,7);5*1H3;/q;;;;;;;;+2/p-2. The summed E-state index contributed by atoms with van der Waals surface area (Å²) in [6.45, 7) is 0. The smallest absolute Gasteiger partial charge is 0.741 e. The molecule has 1 heterocycles. The molecule has 1 unspecified atom stereocenters. The van der Waals surface area contributed by atoms with E-state index in [1.807, 2.05) is 0 Å². The van der Waals surface area contributed by atoms with Crippen LogP contribution in [0.25, 0.3) is 6.08 Å². The Kier molecular flexibility index (Phi) is 24.3. The third-order valence-electron chi connectivity index (χ3n) is 2.94. The molecule has 1 atom stereocenters. The number of benzene rings is 1. The predicted molar refractivity (Wildman–Crippen MR) is 120 cm³/mol. The molecule has 1 aromatic rings. The summed E-state index contributed by atoms with van der Waals surface area (Å²) in [6, 6.07) is 6.59. The quantitative estimate of drug-likeness (QED) is 0.158. The van der Waals surface area contributed by atoms with Gasteiger partial charge in [0.05, 0.1) is 0 Å². The number of rotatable bonds is 2. The Labute approximate surface area is 237 Å². The Hall–Kier alpha value is -1.15. The van der Waals surface area contributed by atoms with Crippen molar-refractivity contribution >= 4 is 46.7 Å². The first kappa shape index (κ1) is 54.9. The van der Waals surface area contributed by atoms with Crippen LogP contribution in [-0.4, -0.2) is 57.1 Å². The molecule has 1 aromatic carbocycles. The molecule has 0 spiro atoms. The van der Waals surface area contributed by atoms with E-state index in [-0.39, 0.29) is 50.5 Å². The van der Waals surface area contributed by atoms with Gasteiger partial charge in [0.2, 0.25) is 0 Å². The minimum Gasteiger partial charge on any atom is -0.741 e. The molecule has 0 aromatic heterocycles. The van der Waals surface area contributed by atoms with Crippen molar-refractivity contribution in [1.29, 1.82) is 0 Å². The number of hydrogen-bond acceptors (Lipinski definition) is 14. The second-order valence-electron chi connectivity index (χ2n) is 5.51. The third kappa shape index (κ3) is 15.7. The molecule has 0 aliphatic carbocycles. The molecule has 1 aliphatic heterocycles. The van der Waals surface area contributed by atoms with E-state index in [1.165, 1.54) is 11.7 Å². The Balaban J connectivity index is -0.0000000859. The summed E-state index contributed by atoms with van der Waals surface area (Å²) in [5.74, 6) is 0. The molecule has 0 amide bonds. The Bertz CT molecular complexity index is 1200. The molecule has 2 rings (SSSR count). The molecule has 15 N–H and O–H groups in total. The van der Waals surface area contributed by atoms with E-state index in [2.05, 4.69) is 3.63 Å². The molecule has 40 heavy (non-hydrogen) atoms. The van der Waals surface area contributed by atoms with E-state index in [0.29, 0.717) is 10.5 Å². The molecule has 0 saturated heterocycles. The summed E-state index contributed by atoms with van der Waals surface area (Å²) in [5.41, 5.74) is -16.0. The Morgan fingerprint density at radius 3 is 1.25 bits per heavy atom. The largest absolute Gasteiger partial charge is 2.00 e. The van der Waals surface area contributed by atoms with Crippen LogP contribution in [0.15, 0.2) is 34.6 Å². The van der Waals surface area contributed by atoms with E-state index in [4.69, 9.17) is 25.9 Å². The first-order chi connectivity index (χ1) is 14.7. The van der Waals surface area contributed by atoms with Crippen LogP contribution >= 0.6 is 10.3 Å². The van der Waals surface area contributed by atoms with Gasteiger partial charge in [-0.1, -0.05) is 28.5 Å². The van der Waals surface area contributed by atoms with Crippen LogP contribution in [0.3, 0.4) is 0 Å². The van der Waals surface area contributed by atoms with Crippen molar-refractivity contribution in [2.75, 3.05) is 6.26 Å². The zero-order chi connectivity index (χ0) is 27.6. The van der Waals surface area contributed by atoms with Gasteiger partial charge in [-0.05, 0) is 29.4 Å². The summed E-state index contributed by atoms with van der Waals surface area (Å²) in [6.07, 6.45) is 2.93. The second kappa shape index (κ2) is 17.7. The van der Waals surface area contributed by atoms with Crippen LogP contribution in [-0.2, 0) is 53.8 Å². The van der Waals surface area contributed by atoms with Crippen molar-refractivity contribution in [2.45, 2.75) is 21.4 Å². The average Bonchev–Trinajstić information content (AvgIpc) is 2.88. The summed E-state index contributed by atoms with van der Waals surface area (Å²) >= 11 is 0. The van der Waals surface area contributed by atoms with Crippen LogP contribution in [0.1, 0.15) is 5.56 Å². The van der Waals surface area contributed by atoms with Gasteiger partial charge in [-0.2, -0.15) is 47.9 Å². The van der Waals surface area contributed by atoms with Crippen molar-refractivity contribution in [3.63, 3.8) is 0 Å². The van der Waals surface area contributed by atoms with Crippen molar-refractivity contribution in [3.05, 3.63) is 35.2 Å². The average molecular weight is 872 g/mol. The van der Waals surface area contributed by atoms with Gasteiger partial charge in [-0.15, -0.1) is 0 Å². The van der Waals surface area contributed by atoms with Gasteiger partial charge in [-0.25, -0.2) is 20.5 Å². The number of halogens is 9. The summed E-state index contributed by atoms with van der Waals surface area (Å²) in [7, 11) is -20.4. The topological polar surface area (TPSA) is 333 Å². The molecule has 14 nitrogen and oxygen atoms in total. The molecule has 0 saturated carbocycles. The number of alkyl halides is 9. The molecular formula is C12H24F9N5O9OsS4. The fourth-order valence-corrected chi connectivity index (χ4v) is 5.33.